The molecule has 0 bridgehead atoms. The highest BCUT2D eigenvalue weighted by Gasteiger charge is 2.35. The summed E-state index contributed by atoms with van der Waals surface area (Å²) in [5.74, 6) is -0.197. The average Bonchev–Trinajstić information content (AvgIpc) is 2.27. The van der Waals surface area contributed by atoms with E-state index in [9.17, 15) is 13.2 Å². The zero-order chi connectivity index (χ0) is 13.9. The molecule has 1 unspecified atom stereocenters. The summed E-state index contributed by atoms with van der Waals surface area (Å²) in [4.78, 5) is -0.0735. The van der Waals surface area contributed by atoms with E-state index in [1.807, 2.05) is 6.92 Å². The van der Waals surface area contributed by atoms with Crippen LogP contribution in [-0.2, 0) is 6.18 Å². The van der Waals surface area contributed by atoms with Gasteiger partial charge >= 0.3 is 6.18 Å². The van der Waals surface area contributed by atoms with E-state index in [4.69, 9.17) is 10.5 Å². The van der Waals surface area contributed by atoms with E-state index >= 15 is 0 Å². The molecule has 0 saturated heterocycles. The molecule has 1 atom stereocenters. The van der Waals surface area contributed by atoms with E-state index in [0.717, 1.165) is 6.07 Å². The fraction of sp³-hybridized carbons (Fsp3) is 0.417. The maximum atomic E-state index is 12.9. The summed E-state index contributed by atoms with van der Waals surface area (Å²) in [5.41, 5.74) is 4.65. The first-order valence-electron chi connectivity index (χ1n) is 5.43. The van der Waals surface area contributed by atoms with Crippen molar-refractivity contribution in [2.24, 2.45) is 5.73 Å². The van der Waals surface area contributed by atoms with E-state index in [0.29, 0.717) is 6.42 Å². The van der Waals surface area contributed by atoms with Crippen LogP contribution in [0.15, 0.2) is 18.2 Å². The topological polar surface area (TPSA) is 35.2 Å². The van der Waals surface area contributed by atoms with Crippen molar-refractivity contribution in [2.45, 2.75) is 32.5 Å². The van der Waals surface area contributed by atoms with E-state index in [1.54, 1.807) is 6.92 Å². The number of halogens is 3. The van der Waals surface area contributed by atoms with Gasteiger partial charge in [0, 0.05) is 5.56 Å². The van der Waals surface area contributed by atoms with Gasteiger partial charge in [0.05, 0.1) is 11.7 Å². The lowest BCUT2D eigenvalue weighted by atomic mass is 10.1. The van der Waals surface area contributed by atoms with Gasteiger partial charge in [-0.15, -0.1) is 0 Å². The minimum absolute atomic E-state index is 0.0735. The van der Waals surface area contributed by atoms with Crippen LogP contribution in [0.1, 0.15) is 31.4 Å². The van der Waals surface area contributed by atoms with E-state index in [1.165, 1.54) is 12.1 Å². The molecule has 0 aliphatic rings. The third-order valence-electron chi connectivity index (χ3n) is 2.47. The number of thiocarbonyl (C=S) groups is 1. The maximum absolute atomic E-state index is 12.9. The largest absolute Gasteiger partial charge is 0.490 e. The third-order valence-corrected chi connectivity index (χ3v) is 2.71. The van der Waals surface area contributed by atoms with Crippen LogP contribution in [0.25, 0.3) is 0 Å². The Hall–Kier alpha value is -1.30. The van der Waals surface area contributed by atoms with Gasteiger partial charge in [-0.25, -0.2) is 0 Å². The molecule has 2 N–H and O–H groups in total. The van der Waals surface area contributed by atoms with Crippen molar-refractivity contribution >= 4 is 17.2 Å². The molecule has 100 valence electrons. The molecule has 1 aromatic carbocycles. The van der Waals surface area contributed by atoms with Gasteiger partial charge in [0.1, 0.15) is 10.7 Å². The number of alkyl halides is 3. The Morgan fingerprint density at radius 2 is 2.06 bits per heavy atom. The Bertz CT molecular complexity index is 445. The molecule has 18 heavy (non-hydrogen) atoms. The summed E-state index contributed by atoms with van der Waals surface area (Å²) in [6.07, 6.45) is -4.17. The molecular formula is C12H14F3NOS. The minimum Gasteiger partial charge on any atom is -0.490 e. The van der Waals surface area contributed by atoms with E-state index < -0.39 is 11.7 Å². The summed E-state index contributed by atoms with van der Waals surface area (Å²) >= 11 is 4.67. The molecule has 0 saturated carbocycles. The Kier molecular flexibility index (Phi) is 4.56. The van der Waals surface area contributed by atoms with E-state index in [2.05, 4.69) is 12.2 Å². The number of ether oxygens (including phenoxy) is 1. The molecule has 6 heteroatoms. The van der Waals surface area contributed by atoms with Crippen LogP contribution in [0, 0.1) is 0 Å². The number of nitrogens with two attached hydrogens (primary N) is 1. The predicted molar refractivity (Wildman–Crippen MR) is 67.7 cm³/mol. The second-order valence-electron chi connectivity index (χ2n) is 3.91. The second kappa shape index (κ2) is 5.56. The summed E-state index contributed by atoms with van der Waals surface area (Å²) in [5, 5.41) is 0. The first-order chi connectivity index (χ1) is 8.25. The number of benzene rings is 1. The lowest BCUT2D eigenvalue weighted by molar-refractivity contribution is -0.139. The second-order valence-corrected chi connectivity index (χ2v) is 4.35. The van der Waals surface area contributed by atoms with Gasteiger partial charge in [-0.1, -0.05) is 19.1 Å². The van der Waals surface area contributed by atoms with Crippen LogP contribution >= 0.6 is 12.2 Å². The first-order valence-corrected chi connectivity index (χ1v) is 5.84. The zero-order valence-electron chi connectivity index (χ0n) is 10.0. The summed E-state index contributed by atoms with van der Waals surface area (Å²) in [7, 11) is 0. The van der Waals surface area contributed by atoms with Crippen molar-refractivity contribution in [2.75, 3.05) is 0 Å². The van der Waals surface area contributed by atoms with Crippen LogP contribution in [-0.4, -0.2) is 11.1 Å². The predicted octanol–water partition coefficient (Wildman–Crippen LogP) is 3.52. The fourth-order valence-corrected chi connectivity index (χ4v) is 1.43. The quantitative estimate of drug-likeness (QED) is 0.855. The highest BCUT2D eigenvalue weighted by molar-refractivity contribution is 7.80. The lowest BCUT2D eigenvalue weighted by Crippen LogP contribution is -2.17. The molecule has 1 rings (SSSR count). The van der Waals surface area contributed by atoms with Gasteiger partial charge < -0.3 is 10.5 Å². The standard InChI is InChI=1S/C12H14F3NOS/c1-3-7(2)17-10-5-4-8(11(16)18)6-9(10)12(13,14)15/h4-7H,3H2,1-2H3,(H2,16,18). The highest BCUT2D eigenvalue weighted by atomic mass is 32.1. The van der Waals surface area contributed by atoms with Crippen LogP contribution < -0.4 is 10.5 Å². The van der Waals surface area contributed by atoms with Crippen LogP contribution in [0.3, 0.4) is 0 Å². The zero-order valence-corrected chi connectivity index (χ0v) is 10.9. The molecule has 0 amide bonds. The monoisotopic (exact) mass is 277 g/mol. The average molecular weight is 277 g/mol. The van der Waals surface area contributed by atoms with Gasteiger partial charge in [0.15, 0.2) is 0 Å². The van der Waals surface area contributed by atoms with E-state index in [-0.39, 0.29) is 22.4 Å². The first kappa shape index (κ1) is 14.8. The Labute approximate surface area is 109 Å². The Morgan fingerprint density at radius 3 is 2.50 bits per heavy atom. The molecule has 0 aliphatic heterocycles. The van der Waals surface area contributed by atoms with Gasteiger partial charge in [0.25, 0.3) is 0 Å². The summed E-state index contributed by atoms with van der Waals surface area (Å²) in [6.45, 7) is 3.54. The minimum atomic E-state index is -4.50. The summed E-state index contributed by atoms with van der Waals surface area (Å²) in [6, 6.07) is 3.60. The van der Waals surface area contributed by atoms with Gasteiger partial charge in [-0.05, 0) is 31.5 Å². The molecule has 0 aliphatic carbocycles. The molecule has 0 aromatic heterocycles. The van der Waals surface area contributed by atoms with Gasteiger partial charge in [-0.2, -0.15) is 13.2 Å². The molecule has 1 aromatic rings. The van der Waals surface area contributed by atoms with Crippen LogP contribution in [0.4, 0.5) is 13.2 Å². The molecule has 0 fully saturated rings. The van der Waals surface area contributed by atoms with Crippen molar-refractivity contribution in [1.29, 1.82) is 0 Å². The van der Waals surface area contributed by atoms with Crippen molar-refractivity contribution in [1.82, 2.24) is 0 Å². The van der Waals surface area contributed by atoms with Crippen LogP contribution in [0.5, 0.6) is 5.75 Å². The maximum Gasteiger partial charge on any atom is 0.419 e. The fourth-order valence-electron chi connectivity index (χ4n) is 1.31. The molecular weight excluding hydrogens is 263 g/mol. The Morgan fingerprint density at radius 1 is 1.44 bits per heavy atom. The number of rotatable bonds is 4. The molecule has 2 nitrogen and oxygen atoms in total. The van der Waals surface area contributed by atoms with Crippen LogP contribution in [0.2, 0.25) is 0 Å². The molecule has 0 heterocycles. The van der Waals surface area contributed by atoms with Crippen molar-refractivity contribution in [3.8, 4) is 5.75 Å². The third kappa shape index (κ3) is 3.60. The smallest absolute Gasteiger partial charge is 0.419 e. The number of hydrogen-bond donors (Lipinski definition) is 1. The Balaban J connectivity index is 3.21. The van der Waals surface area contributed by atoms with Crippen molar-refractivity contribution in [3.05, 3.63) is 29.3 Å². The normalized spacial score (nSPS) is 13.2. The SMILES string of the molecule is CCC(C)Oc1ccc(C(N)=S)cc1C(F)(F)F. The lowest BCUT2D eigenvalue weighted by Gasteiger charge is -2.18. The van der Waals surface area contributed by atoms with Crippen molar-refractivity contribution in [3.63, 3.8) is 0 Å². The molecule has 0 spiro atoms. The summed E-state index contributed by atoms with van der Waals surface area (Å²) < 4.78 is 43.9. The molecule has 0 radical (unpaired) electrons. The van der Waals surface area contributed by atoms with Crippen molar-refractivity contribution < 1.29 is 17.9 Å². The van der Waals surface area contributed by atoms with Gasteiger partial charge in [-0.3, -0.25) is 0 Å². The van der Waals surface area contributed by atoms with Gasteiger partial charge in [0.2, 0.25) is 0 Å². The number of hydrogen-bond acceptors (Lipinski definition) is 2. The highest BCUT2D eigenvalue weighted by Crippen LogP contribution is 2.37.